The number of benzene rings is 2. The van der Waals surface area contributed by atoms with Crippen LogP contribution < -0.4 is 16.2 Å². The fourth-order valence-electron chi connectivity index (χ4n) is 3.70. The van der Waals surface area contributed by atoms with Crippen LogP contribution in [0.4, 0.5) is 14.5 Å². The van der Waals surface area contributed by atoms with Gasteiger partial charge in [-0.1, -0.05) is 18.7 Å². The Morgan fingerprint density at radius 3 is 2.61 bits per heavy atom. The van der Waals surface area contributed by atoms with Crippen molar-refractivity contribution in [2.24, 2.45) is 0 Å². The molecule has 4 aromatic rings. The molecule has 0 atom stereocenters. The summed E-state index contributed by atoms with van der Waals surface area (Å²) in [5.41, 5.74) is 0.241. The summed E-state index contributed by atoms with van der Waals surface area (Å²) < 4.78 is 30.4. The molecule has 2 aromatic carbocycles. The molecule has 9 nitrogen and oxygen atoms in total. The van der Waals surface area contributed by atoms with Gasteiger partial charge in [0.15, 0.2) is 5.16 Å². The van der Waals surface area contributed by atoms with Gasteiger partial charge in [-0.3, -0.25) is 23.4 Å². The Morgan fingerprint density at radius 2 is 1.89 bits per heavy atom. The third-order valence-electron chi connectivity index (χ3n) is 5.24. The van der Waals surface area contributed by atoms with Crippen molar-refractivity contribution in [3.63, 3.8) is 0 Å². The quantitative estimate of drug-likeness (QED) is 0.348. The lowest BCUT2D eigenvalue weighted by Crippen LogP contribution is -2.30. The van der Waals surface area contributed by atoms with Gasteiger partial charge in [0.1, 0.15) is 11.6 Å². The van der Waals surface area contributed by atoms with Crippen LogP contribution in [-0.2, 0) is 11.3 Å². The van der Waals surface area contributed by atoms with Crippen LogP contribution in [0, 0.1) is 11.6 Å². The molecule has 36 heavy (non-hydrogen) atoms. The van der Waals surface area contributed by atoms with E-state index in [1.54, 1.807) is 22.6 Å². The first-order valence-corrected chi connectivity index (χ1v) is 12.3. The molecule has 0 aliphatic rings. The molecule has 0 aliphatic heterocycles. The number of aromatic nitrogens is 4. The summed E-state index contributed by atoms with van der Waals surface area (Å²) in [7, 11) is 0. The van der Waals surface area contributed by atoms with Gasteiger partial charge in [-0.2, -0.15) is 0 Å². The molecule has 2 aromatic heterocycles. The Morgan fingerprint density at radius 1 is 1.11 bits per heavy atom. The maximum absolute atomic E-state index is 13.9. The molecule has 0 saturated carbocycles. The summed E-state index contributed by atoms with van der Waals surface area (Å²) in [4.78, 5) is 38.2. The summed E-state index contributed by atoms with van der Waals surface area (Å²) >= 11 is 1.01. The van der Waals surface area contributed by atoms with Crippen LogP contribution in [0.3, 0.4) is 0 Å². The Bertz CT molecular complexity index is 1530. The molecule has 0 radical (unpaired) electrons. The van der Waals surface area contributed by atoms with E-state index in [2.05, 4.69) is 20.8 Å². The summed E-state index contributed by atoms with van der Waals surface area (Å²) in [5, 5.41) is 14.2. The lowest BCUT2D eigenvalue weighted by molar-refractivity contribution is -0.113. The van der Waals surface area contributed by atoms with E-state index < -0.39 is 17.5 Å². The van der Waals surface area contributed by atoms with Crippen LogP contribution in [0.1, 0.15) is 37.6 Å². The van der Waals surface area contributed by atoms with Gasteiger partial charge in [-0.25, -0.2) is 8.78 Å². The number of nitrogens with zero attached hydrogens (tertiary/aromatic N) is 4. The Hall–Kier alpha value is -3.80. The minimum absolute atomic E-state index is 0.0757. The van der Waals surface area contributed by atoms with Crippen molar-refractivity contribution in [1.82, 2.24) is 24.5 Å². The lowest BCUT2D eigenvalue weighted by atomic mass is 10.1. The minimum atomic E-state index is -0.760. The first-order valence-electron chi connectivity index (χ1n) is 11.3. The fourth-order valence-corrected chi connectivity index (χ4v) is 4.44. The highest BCUT2D eigenvalue weighted by atomic mass is 32.2. The average molecular weight is 515 g/mol. The molecule has 12 heteroatoms. The van der Waals surface area contributed by atoms with E-state index in [4.69, 9.17) is 0 Å². The zero-order valence-corrected chi connectivity index (χ0v) is 20.7. The second-order valence-corrected chi connectivity index (χ2v) is 9.34. The van der Waals surface area contributed by atoms with Gasteiger partial charge in [0, 0.05) is 24.2 Å². The molecule has 0 bridgehead atoms. The molecule has 188 valence electrons. The monoisotopic (exact) mass is 514 g/mol. The number of halogens is 2. The molecule has 2 heterocycles. The van der Waals surface area contributed by atoms with E-state index in [1.807, 2.05) is 20.8 Å². The van der Waals surface area contributed by atoms with Crippen molar-refractivity contribution in [2.45, 2.75) is 44.9 Å². The van der Waals surface area contributed by atoms with Gasteiger partial charge in [0.05, 0.1) is 22.3 Å². The maximum atomic E-state index is 13.9. The Kier molecular flexibility index (Phi) is 7.34. The highest BCUT2D eigenvalue weighted by Gasteiger charge is 2.19. The Balaban J connectivity index is 1.73. The molecular weight excluding hydrogens is 490 g/mol. The molecule has 0 saturated heterocycles. The predicted octanol–water partition coefficient (Wildman–Crippen LogP) is 3.60. The zero-order chi connectivity index (χ0) is 26.0. The summed E-state index contributed by atoms with van der Waals surface area (Å²) in [6.45, 7) is 6.01. The topological polar surface area (TPSA) is 110 Å². The molecule has 2 N–H and O–H groups in total. The number of rotatable bonds is 8. The highest BCUT2D eigenvalue weighted by Crippen LogP contribution is 2.23. The number of hydrogen-bond acceptors (Lipinski definition) is 6. The molecular formula is C24H24F2N6O3S. The van der Waals surface area contributed by atoms with E-state index in [1.165, 1.54) is 4.57 Å². The zero-order valence-electron chi connectivity index (χ0n) is 19.8. The van der Waals surface area contributed by atoms with Crippen molar-refractivity contribution in [3.05, 3.63) is 63.9 Å². The predicted molar refractivity (Wildman–Crippen MR) is 133 cm³/mol. The molecule has 0 aliphatic carbocycles. The van der Waals surface area contributed by atoms with Crippen molar-refractivity contribution in [1.29, 1.82) is 0 Å². The fraction of sp³-hybridized carbons (Fsp3) is 0.292. The number of hydrogen-bond donors (Lipinski definition) is 2. The third kappa shape index (κ3) is 5.08. The first kappa shape index (κ1) is 25.3. The van der Waals surface area contributed by atoms with Crippen molar-refractivity contribution in [2.75, 3.05) is 11.1 Å². The SMILES string of the molecule is CCCn1c(=O)c2ccc(C(=O)NC(C)C)cc2n2c(SCC(=O)Nc3cc(F)ccc3F)nnc12. The van der Waals surface area contributed by atoms with Gasteiger partial charge in [0.2, 0.25) is 11.7 Å². The van der Waals surface area contributed by atoms with E-state index in [0.29, 0.717) is 34.6 Å². The number of thioether (sulfide) groups is 1. The largest absolute Gasteiger partial charge is 0.350 e. The number of carbonyl (C=O) groups is 2. The number of amides is 2. The van der Waals surface area contributed by atoms with Crippen LogP contribution in [0.2, 0.25) is 0 Å². The van der Waals surface area contributed by atoms with Gasteiger partial charge < -0.3 is 10.6 Å². The standard InChI is InChI=1S/C24H24F2N6O3S/c1-4-9-31-22(35)16-7-5-14(21(34)27-13(2)3)10-19(16)32-23(31)29-30-24(32)36-12-20(33)28-18-11-15(25)6-8-17(18)26/h5-8,10-11,13H,4,9,12H2,1-3H3,(H,27,34)(H,28,33). The number of carbonyl (C=O) groups excluding carboxylic acids is 2. The summed E-state index contributed by atoms with van der Waals surface area (Å²) in [6, 6.07) is 7.47. The second-order valence-electron chi connectivity index (χ2n) is 8.40. The lowest BCUT2D eigenvalue weighted by Gasteiger charge is -2.13. The highest BCUT2D eigenvalue weighted by molar-refractivity contribution is 7.99. The van der Waals surface area contributed by atoms with Crippen LogP contribution in [0.25, 0.3) is 16.7 Å². The smallest absolute Gasteiger partial charge is 0.262 e. The van der Waals surface area contributed by atoms with Crippen LogP contribution in [0.15, 0.2) is 46.3 Å². The van der Waals surface area contributed by atoms with Crippen molar-refractivity contribution >= 4 is 45.9 Å². The summed E-state index contributed by atoms with van der Waals surface area (Å²) in [6.07, 6.45) is 0.674. The van der Waals surface area contributed by atoms with Crippen LogP contribution in [0.5, 0.6) is 0 Å². The molecule has 0 fully saturated rings. The second kappa shape index (κ2) is 10.4. The number of anilines is 1. The van der Waals surface area contributed by atoms with E-state index in [0.717, 1.165) is 30.0 Å². The van der Waals surface area contributed by atoms with E-state index in [-0.39, 0.29) is 34.7 Å². The maximum Gasteiger partial charge on any atom is 0.262 e. The third-order valence-corrected chi connectivity index (χ3v) is 6.16. The molecule has 4 rings (SSSR count). The molecule has 0 spiro atoms. The van der Waals surface area contributed by atoms with Crippen molar-refractivity contribution in [3.8, 4) is 0 Å². The number of nitrogens with one attached hydrogen (secondary N) is 2. The van der Waals surface area contributed by atoms with Crippen molar-refractivity contribution < 1.29 is 18.4 Å². The molecule has 2 amide bonds. The molecule has 0 unspecified atom stereocenters. The van der Waals surface area contributed by atoms with Gasteiger partial charge >= 0.3 is 0 Å². The first-order chi connectivity index (χ1) is 17.2. The Labute approximate surface area is 208 Å². The number of fused-ring (bicyclic) bond motifs is 3. The normalized spacial score (nSPS) is 11.4. The van der Waals surface area contributed by atoms with Crippen LogP contribution >= 0.6 is 11.8 Å². The van der Waals surface area contributed by atoms with Crippen LogP contribution in [-0.4, -0.2) is 42.8 Å². The minimum Gasteiger partial charge on any atom is -0.350 e. The van der Waals surface area contributed by atoms with Gasteiger partial charge in [-0.15, -0.1) is 10.2 Å². The number of aryl methyl sites for hydroxylation is 1. The van der Waals surface area contributed by atoms with E-state index in [9.17, 15) is 23.2 Å². The van der Waals surface area contributed by atoms with Gasteiger partial charge in [0.25, 0.3) is 11.5 Å². The summed E-state index contributed by atoms with van der Waals surface area (Å²) in [5.74, 6) is -2.22. The van der Waals surface area contributed by atoms with E-state index >= 15 is 0 Å². The average Bonchev–Trinajstić information content (AvgIpc) is 3.26. The van der Waals surface area contributed by atoms with Gasteiger partial charge in [-0.05, 0) is 50.6 Å².